The average Bonchev–Trinajstić information content (AvgIpc) is 2.48. The third-order valence-electron chi connectivity index (χ3n) is 3.51. The standard InChI is InChI=1S/C14H19ClN2O3S/c15-12-3-5-13(6-4-12)21(19,20)9-8-17-14(18)11-2-1-7-16-10-11/h3-6,11,16H,1-2,7-10H2,(H,17,18). The lowest BCUT2D eigenvalue weighted by Gasteiger charge is -2.21. The Morgan fingerprint density at radius 1 is 1.33 bits per heavy atom. The Bertz CT molecular complexity index is 581. The van der Waals surface area contributed by atoms with Crippen molar-refractivity contribution in [2.24, 2.45) is 5.92 Å². The lowest BCUT2D eigenvalue weighted by Crippen LogP contribution is -2.41. The monoisotopic (exact) mass is 330 g/mol. The van der Waals surface area contributed by atoms with Crippen molar-refractivity contribution in [1.82, 2.24) is 10.6 Å². The summed E-state index contributed by atoms with van der Waals surface area (Å²) in [5, 5.41) is 6.36. The number of benzene rings is 1. The highest BCUT2D eigenvalue weighted by Gasteiger charge is 2.21. The number of carbonyl (C=O) groups is 1. The van der Waals surface area contributed by atoms with Crippen molar-refractivity contribution in [2.45, 2.75) is 17.7 Å². The van der Waals surface area contributed by atoms with Gasteiger partial charge < -0.3 is 10.6 Å². The highest BCUT2D eigenvalue weighted by molar-refractivity contribution is 7.91. The van der Waals surface area contributed by atoms with Crippen LogP contribution in [0.15, 0.2) is 29.2 Å². The molecule has 0 bridgehead atoms. The van der Waals surface area contributed by atoms with Crippen molar-refractivity contribution >= 4 is 27.3 Å². The maximum atomic E-state index is 12.1. The van der Waals surface area contributed by atoms with Gasteiger partial charge in [0.25, 0.3) is 0 Å². The van der Waals surface area contributed by atoms with E-state index in [4.69, 9.17) is 11.6 Å². The van der Waals surface area contributed by atoms with Gasteiger partial charge in [-0.15, -0.1) is 0 Å². The lowest BCUT2D eigenvalue weighted by atomic mass is 9.99. The molecule has 1 amide bonds. The minimum absolute atomic E-state index is 0.0583. The maximum absolute atomic E-state index is 12.1. The first kappa shape index (κ1) is 16.3. The van der Waals surface area contributed by atoms with Gasteiger partial charge in [0.1, 0.15) is 0 Å². The minimum Gasteiger partial charge on any atom is -0.355 e. The van der Waals surface area contributed by atoms with Crippen LogP contribution in [0, 0.1) is 5.92 Å². The number of sulfone groups is 1. The van der Waals surface area contributed by atoms with E-state index in [1.807, 2.05) is 0 Å². The van der Waals surface area contributed by atoms with Crippen LogP contribution in [0.5, 0.6) is 0 Å². The van der Waals surface area contributed by atoms with Gasteiger partial charge in [-0.1, -0.05) is 11.6 Å². The second-order valence-corrected chi connectivity index (χ2v) is 7.65. The third kappa shape index (κ3) is 4.69. The van der Waals surface area contributed by atoms with Crippen molar-refractivity contribution < 1.29 is 13.2 Å². The van der Waals surface area contributed by atoms with E-state index in [1.165, 1.54) is 12.1 Å². The number of rotatable bonds is 5. The molecule has 21 heavy (non-hydrogen) atoms. The summed E-state index contributed by atoms with van der Waals surface area (Å²) in [6.45, 7) is 1.73. The maximum Gasteiger partial charge on any atom is 0.224 e. The van der Waals surface area contributed by atoms with Crippen molar-refractivity contribution in [3.63, 3.8) is 0 Å². The van der Waals surface area contributed by atoms with E-state index in [0.29, 0.717) is 11.6 Å². The Morgan fingerprint density at radius 3 is 2.67 bits per heavy atom. The molecule has 1 saturated heterocycles. The molecule has 0 radical (unpaired) electrons. The summed E-state index contributed by atoms with van der Waals surface area (Å²) in [7, 11) is -3.39. The third-order valence-corrected chi connectivity index (χ3v) is 5.49. The van der Waals surface area contributed by atoms with E-state index in [2.05, 4.69) is 10.6 Å². The van der Waals surface area contributed by atoms with Gasteiger partial charge in [-0.25, -0.2) is 8.42 Å². The predicted molar refractivity (Wildman–Crippen MR) is 82.1 cm³/mol. The molecular formula is C14H19ClN2O3S. The normalized spacial score (nSPS) is 19.2. The van der Waals surface area contributed by atoms with Gasteiger partial charge in [0, 0.05) is 18.1 Å². The van der Waals surface area contributed by atoms with Gasteiger partial charge in [0.2, 0.25) is 5.91 Å². The molecule has 1 aromatic carbocycles. The number of halogens is 1. The van der Waals surface area contributed by atoms with E-state index in [9.17, 15) is 13.2 Å². The number of nitrogens with one attached hydrogen (secondary N) is 2. The van der Waals surface area contributed by atoms with Crippen LogP contribution >= 0.6 is 11.6 Å². The zero-order valence-electron chi connectivity index (χ0n) is 11.6. The molecule has 116 valence electrons. The summed E-state index contributed by atoms with van der Waals surface area (Å²) < 4.78 is 24.2. The molecule has 1 unspecified atom stereocenters. The Morgan fingerprint density at radius 2 is 2.05 bits per heavy atom. The first-order chi connectivity index (χ1) is 9.99. The molecule has 1 fully saturated rings. The van der Waals surface area contributed by atoms with Crippen molar-refractivity contribution in [2.75, 3.05) is 25.4 Å². The summed E-state index contributed by atoms with van der Waals surface area (Å²) in [5.74, 6) is -0.244. The second kappa shape index (κ2) is 7.24. The van der Waals surface area contributed by atoms with Crippen molar-refractivity contribution in [3.8, 4) is 0 Å². The zero-order chi connectivity index (χ0) is 15.3. The highest BCUT2D eigenvalue weighted by atomic mass is 35.5. The first-order valence-corrected chi connectivity index (χ1v) is 8.99. The van der Waals surface area contributed by atoms with E-state index >= 15 is 0 Å². The fraction of sp³-hybridized carbons (Fsp3) is 0.500. The molecule has 0 saturated carbocycles. The average molecular weight is 331 g/mol. The molecule has 2 N–H and O–H groups in total. The van der Waals surface area contributed by atoms with Gasteiger partial charge in [0.15, 0.2) is 9.84 Å². The Hall–Kier alpha value is -1.11. The Balaban J connectivity index is 1.84. The zero-order valence-corrected chi connectivity index (χ0v) is 13.2. The topological polar surface area (TPSA) is 75.3 Å². The van der Waals surface area contributed by atoms with Crippen LogP contribution in [0.4, 0.5) is 0 Å². The van der Waals surface area contributed by atoms with Crippen LogP contribution in [-0.2, 0) is 14.6 Å². The van der Waals surface area contributed by atoms with E-state index in [1.54, 1.807) is 12.1 Å². The molecule has 1 atom stereocenters. The summed E-state index contributed by atoms with van der Waals surface area (Å²) in [6, 6.07) is 6.04. The molecule has 5 nitrogen and oxygen atoms in total. The SMILES string of the molecule is O=C(NCCS(=O)(=O)c1ccc(Cl)cc1)C1CCCNC1. The Labute approximate surface area is 130 Å². The summed E-state index contributed by atoms with van der Waals surface area (Å²) in [4.78, 5) is 12.1. The molecule has 0 aliphatic carbocycles. The van der Waals surface area contributed by atoms with Crippen LogP contribution in [-0.4, -0.2) is 39.7 Å². The number of amides is 1. The number of piperidine rings is 1. The summed E-state index contributed by atoms with van der Waals surface area (Å²) in [6.07, 6.45) is 1.82. The number of hydrogen-bond donors (Lipinski definition) is 2. The number of carbonyl (C=O) groups excluding carboxylic acids is 1. The Kier molecular flexibility index (Phi) is 5.61. The smallest absolute Gasteiger partial charge is 0.224 e. The lowest BCUT2D eigenvalue weighted by molar-refractivity contribution is -0.125. The first-order valence-electron chi connectivity index (χ1n) is 6.96. The van der Waals surface area contributed by atoms with Gasteiger partial charge in [0.05, 0.1) is 16.6 Å². The van der Waals surface area contributed by atoms with Crippen LogP contribution in [0.3, 0.4) is 0 Å². The van der Waals surface area contributed by atoms with Crippen LogP contribution in [0.25, 0.3) is 0 Å². The highest BCUT2D eigenvalue weighted by Crippen LogP contribution is 2.15. The second-order valence-electron chi connectivity index (χ2n) is 5.11. The molecule has 0 aromatic heterocycles. The van der Waals surface area contributed by atoms with E-state index < -0.39 is 9.84 Å². The van der Waals surface area contributed by atoms with Gasteiger partial charge >= 0.3 is 0 Å². The summed E-state index contributed by atoms with van der Waals surface area (Å²) in [5.41, 5.74) is 0. The molecule has 0 spiro atoms. The molecule has 1 heterocycles. The quantitative estimate of drug-likeness (QED) is 0.851. The van der Waals surface area contributed by atoms with Gasteiger partial charge in [-0.3, -0.25) is 4.79 Å². The van der Waals surface area contributed by atoms with Crippen molar-refractivity contribution in [3.05, 3.63) is 29.3 Å². The minimum atomic E-state index is -3.39. The summed E-state index contributed by atoms with van der Waals surface area (Å²) >= 11 is 5.74. The number of hydrogen-bond acceptors (Lipinski definition) is 4. The molecule has 1 aromatic rings. The fourth-order valence-corrected chi connectivity index (χ4v) is 3.57. The van der Waals surface area contributed by atoms with Gasteiger partial charge in [-0.05, 0) is 43.7 Å². The molecule has 2 rings (SSSR count). The van der Waals surface area contributed by atoms with Crippen LogP contribution in [0.2, 0.25) is 5.02 Å². The van der Waals surface area contributed by atoms with Crippen molar-refractivity contribution in [1.29, 1.82) is 0 Å². The molecule has 1 aliphatic rings. The fourth-order valence-electron chi connectivity index (χ4n) is 2.29. The van der Waals surface area contributed by atoms with Gasteiger partial charge in [-0.2, -0.15) is 0 Å². The van der Waals surface area contributed by atoms with E-state index in [0.717, 1.165) is 19.4 Å². The van der Waals surface area contributed by atoms with Crippen LogP contribution in [0.1, 0.15) is 12.8 Å². The largest absolute Gasteiger partial charge is 0.355 e. The molecular weight excluding hydrogens is 312 g/mol. The molecule has 7 heteroatoms. The van der Waals surface area contributed by atoms with Crippen LogP contribution < -0.4 is 10.6 Å². The molecule has 1 aliphatic heterocycles. The predicted octanol–water partition coefficient (Wildman–Crippen LogP) is 1.23. The van der Waals surface area contributed by atoms with E-state index in [-0.39, 0.29) is 29.0 Å².